The van der Waals surface area contributed by atoms with Gasteiger partial charge in [0.2, 0.25) is 0 Å². The van der Waals surface area contributed by atoms with Crippen LogP contribution in [-0.4, -0.2) is 27.8 Å². The summed E-state index contributed by atoms with van der Waals surface area (Å²) in [5, 5.41) is 7.08. The second kappa shape index (κ2) is 9.07. The standard InChI is InChI=1S/C23H16BrF3N4O2/c1-33-22-29-20(14-6-8-15(9-7-14)23(25,26)27)31(30-22)17-12-10-16(11-13-17)28-21(32)18-4-2-3-5-19(18)24/h2-13H,1H3,(H,28,32). The molecule has 0 radical (unpaired) electrons. The van der Waals surface area contributed by atoms with Gasteiger partial charge < -0.3 is 10.1 Å². The van der Waals surface area contributed by atoms with Gasteiger partial charge in [-0.05, 0) is 64.5 Å². The van der Waals surface area contributed by atoms with E-state index in [9.17, 15) is 18.0 Å². The highest BCUT2D eigenvalue weighted by molar-refractivity contribution is 9.10. The Hall–Kier alpha value is -3.66. The Morgan fingerprint density at radius 3 is 2.27 bits per heavy atom. The Balaban J connectivity index is 1.61. The van der Waals surface area contributed by atoms with E-state index in [1.165, 1.54) is 23.9 Å². The average molecular weight is 517 g/mol. The second-order valence-corrected chi connectivity index (χ2v) is 7.74. The van der Waals surface area contributed by atoms with Crippen LogP contribution in [0.5, 0.6) is 6.01 Å². The Labute approximate surface area is 195 Å². The molecule has 3 aromatic carbocycles. The van der Waals surface area contributed by atoms with E-state index in [4.69, 9.17) is 4.74 Å². The van der Waals surface area contributed by atoms with Gasteiger partial charge in [0, 0.05) is 15.7 Å². The Kier molecular flexibility index (Phi) is 6.19. The summed E-state index contributed by atoms with van der Waals surface area (Å²) in [6.07, 6.45) is -4.43. The number of amides is 1. The minimum atomic E-state index is -4.43. The van der Waals surface area contributed by atoms with E-state index in [-0.39, 0.29) is 11.9 Å². The number of halogens is 4. The lowest BCUT2D eigenvalue weighted by Gasteiger charge is -2.10. The van der Waals surface area contributed by atoms with Crippen LogP contribution in [0.1, 0.15) is 15.9 Å². The molecule has 4 aromatic rings. The molecule has 168 valence electrons. The van der Waals surface area contributed by atoms with E-state index < -0.39 is 11.7 Å². The number of carbonyl (C=O) groups is 1. The molecule has 4 rings (SSSR count). The summed E-state index contributed by atoms with van der Waals surface area (Å²) in [6.45, 7) is 0. The predicted octanol–water partition coefficient (Wildman–Crippen LogP) is 5.98. The number of nitrogens with zero attached hydrogens (tertiary/aromatic N) is 3. The quantitative estimate of drug-likeness (QED) is 0.354. The number of hydrogen-bond donors (Lipinski definition) is 1. The molecule has 0 saturated carbocycles. The van der Waals surface area contributed by atoms with Crippen molar-refractivity contribution in [1.82, 2.24) is 14.8 Å². The van der Waals surface area contributed by atoms with Crippen molar-refractivity contribution in [3.63, 3.8) is 0 Å². The summed E-state index contributed by atoms with van der Waals surface area (Å²) in [4.78, 5) is 16.8. The van der Waals surface area contributed by atoms with Crippen LogP contribution in [0.25, 0.3) is 17.1 Å². The Morgan fingerprint density at radius 1 is 1.00 bits per heavy atom. The molecule has 0 spiro atoms. The van der Waals surface area contributed by atoms with Gasteiger partial charge in [-0.3, -0.25) is 4.79 Å². The second-order valence-electron chi connectivity index (χ2n) is 6.89. The molecule has 0 fully saturated rings. The van der Waals surface area contributed by atoms with Crippen LogP contribution in [0, 0.1) is 0 Å². The third kappa shape index (κ3) is 4.90. The highest BCUT2D eigenvalue weighted by Gasteiger charge is 2.30. The first-order valence-electron chi connectivity index (χ1n) is 9.61. The van der Waals surface area contributed by atoms with Crippen molar-refractivity contribution in [2.45, 2.75) is 6.18 Å². The van der Waals surface area contributed by atoms with Crippen LogP contribution in [0.15, 0.2) is 77.3 Å². The Morgan fingerprint density at radius 2 is 1.67 bits per heavy atom. The van der Waals surface area contributed by atoms with E-state index in [0.717, 1.165) is 12.1 Å². The molecule has 33 heavy (non-hydrogen) atoms. The van der Waals surface area contributed by atoms with Crippen molar-refractivity contribution in [2.24, 2.45) is 0 Å². The molecular formula is C23H16BrF3N4O2. The van der Waals surface area contributed by atoms with Crippen LogP contribution < -0.4 is 10.1 Å². The van der Waals surface area contributed by atoms with Crippen molar-refractivity contribution >= 4 is 27.5 Å². The number of rotatable bonds is 5. The molecule has 1 amide bonds. The first-order chi connectivity index (χ1) is 15.8. The van der Waals surface area contributed by atoms with Gasteiger partial charge >= 0.3 is 12.2 Å². The fraction of sp³-hybridized carbons (Fsp3) is 0.0870. The summed E-state index contributed by atoms with van der Waals surface area (Å²) in [5.74, 6) is 0.0358. The van der Waals surface area contributed by atoms with Gasteiger partial charge in [-0.1, -0.05) is 24.3 Å². The summed E-state index contributed by atoms with van der Waals surface area (Å²) >= 11 is 3.35. The molecule has 1 aromatic heterocycles. The number of aromatic nitrogens is 3. The predicted molar refractivity (Wildman–Crippen MR) is 120 cm³/mol. The number of carbonyl (C=O) groups excluding carboxylic acids is 1. The number of benzene rings is 3. The average Bonchev–Trinajstić information content (AvgIpc) is 3.24. The molecule has 6 nitrogen and oxygen atoms in total. The highest BCUT2D eigenvalue weighted by atomic mass is 79.9. The SMILES string of the molecule is COc1nc(-c2ccc(C(F)(F)F)cc2)n(-c2ccc(NC(=O)c3ccccc3Br)cc2)n1. The van der Waals surface area contributed by atoms with Gasteiger partial charge in [-0.2, -0.15) is 18.2 Å². The molecule has 0 aliphatic heterocycles. The molecule has 0 aliphatic carbocycles. The zero-order chi connectivity index (χ0) is 23.6. The fourth-order valence-electron chi connectivity index (χ4n) is 3.08. The third-order valence-corrected chi connectivity index (χ3v) is 5.42. The van der Waals surface area contributed by atoms with Gasteiger partial charge in [-0.25, -0.2) is 4.68 Å². The first kappa shape index (κ1) is 22.5. The van der Waals surface area contributed by atoms with Crippen molar-refractivity contribution in [3.05, 3.63) is 88.4 Å². The van der Waals surface area contributed by atoms with Crippen molar-refractivity contribution in [3.8, 4) is 23.1 Å². The number of methoxy groups -OCH3 is 1. The number of ether oxygens (including phenoxy) is 1. The topological polar surface area (TPSA) is 69.0 Å². The zero-order valence-electron chi connectivity index (χ0n) is 17.1. The maximum atomic E-state index is 12.9. The molecular weight excluding hydrogens is 501 g/mol. The number of anilines is 1. The molecule has 0 aliphatic rings. The van der Waals surface area contributed by atoms with E-state index in [1.807, 2.05) is 6.07 Å². The highest BCUT2D eigenvalue weighted by Crippen LogP contribution is 2.31. The minimum absolute atomic E-state index is 0.0659. The monoisotopic (exact) mass is 516 g/mol. The van der Waals surface area contributed by atoms with Crippen LogP contribution in [0.3, 0.4) is 0 Å². The number of hydrogen-bond acceptors (Lipinski definition) is 4. The van der Waals surface area contributed by atoms with Gasteiger partial charge in [0.05, 0.1) is 23.9 Å². The van der Waals surface area contributed by atoms with Gasteiger partial charge in [0.1, 0.15) is 0 Å². The van der Waals surface area contributed by atoms with Crippen LogP contribution in [0.4, 0.5) is 18.9 Å². The van der Waals surface area contributed by atoms with Gasteiger partial charge in [0.25, 0.3) is 5.91 Å². The fourth-order valence-corrected chi connectivity index (χ4v) is 3.55. The van der Waals surface area contributed by atoms with E-state index in [0.29, 0.717) is 32.8 Å². The maximum Gasteiger partial charge on any atom is 0.416 e. The normalized spacial score (nSPS) is 11.3. The zero-order valence-corrected chi connectivity index (χ0v) is 18.7. The lowest BCUT2D eigenvalue weighted by Crippen LogP contribution is -2.12. The van der Waals surface area contributed by atoms with Gasteiger partial charge in [0.15, 0.2) is 5.82 Å². The molecule has 10 heteroatoms. The molecule has 0 unspecified atom stereocenters. The lowest BCUT2D eigenvalue weighted by atomic mass is 10.1. The van der Waals surface area contributed by atoms with Gasteiger partial charge in [-0.15, -0.1) is 5.10 Å². The number of nitrogens with one attached hydrogen (secondary N) is 1. The van der Waals surface area contributed by atoms with E-state index in [1.54, 1.807) is 42.5 Å². The molecule has 0 atom stereocenters. The van der Waals surface area contributed by atoms with Crippen molar-refractivity contribution in [1.29, 1.82) is 0 Å². The summed E-state index contributed by atoms with van der Waals surface area (Å²) in [6, 6.07) is 18.5. The van der Waals surface area contributed by atoms with E-state index in [2.05, 4.69) is 31.3 Å². The van der Waals surface area contributed by atoms with Crippen LogP contribution in [0.2, 0.25) is 0 Å². The first-order valence-corrected chi connectivity index (χ1v) is 10.4. The molecule has 1 heterocycles. The molecule has 1 N–H and O–H groups in total. The largest absolute Gasteiger partial charge is 0.466 e. The smallest absolute Gasteiger partial charge is 0.416 e. The van der Waals surface area contributed by atoms with Crippen LogP contribution >= 0.6 is 15.9 Å². The number of alkyl halides is 3. The minimum Gasteiger partial charge on any atom is -0.466 e. The van der Waals surface area contributed by atoms with Crippen molar-refractivity contribution in [2.75, 3.05) is 12.4 Å². The Bertz CT molecular complexity index is 1290. The maximum absolute atomic E-state index is 12.9. The summed E-state index contributed by atoms with van der Waals surface area (Å²) < 4.78 is 45.9. The molecule has 0 saturated heterocycles. The summed E-state index contributed by atoms with van der Waals surface area (Å²) in [7, 11) is 1.40. The lowest BCUT2D eigenvalue weighted by molar-refractivity contribution is -0.137. The molecule has 0 bridgehead atoms. The van der Waals surface area contributed by atoms with Crippen LogP contribution in [-0.2, 0) is 6.18 Å². The third-order valence-electron chi connectivity index (χ3n) is 4.73. The van der Waals surface area contributed by atoms with E-state index >= 15 is 0 Å². The van der Waals surface area contributed by atoms with Crippen molar-refractivity contribution < 1.29 is 22.7 Å². The summed E-state index contributed by atoms with van der Waals surface area (Å²) in [5.41, 5.74) is 1.31.